The van der Waals surface area contributed by atoms with Crippen LogP contribution in [0.5, 0.6) is 0 Å². The maximum Gasteiger partial charge on any atom is 0.224 e. The number of aromatic amines is 1. The molecule has 0 unspecified atom stereocenters. The van der Waals surface area contributed by atoms with E-state index in [1.807, 2.05) is 55.5 Å². The molecule has 0 fully saturated rings. The minimum Gasteiger partial charge on any atom is -0.352 e. The van der Waals surface area contributed by atoms with Crippen LogP contribution in [-0.2, 0) is 17.8 Å². The van der Waals surface area contributed by atoms with Gasteiger partial charge in [0.1, 0.15) is 0 Å². The molecule has 0 radical (unpaired) electrons. The van der Waals surface area contributed by atoms with E-state index >= 15 is 0 Å². The van der Waals surface area contributed by atoms with E-state index in [0.717, 1.165) is 22.3 Å². The number of tetrazole rings is 1. The van der Waals surface area contributed by atoms with E-state index < -0.39 is 0 Å². The van der Waals surface area contributed by atoms with Crippen molar-refractivity contribution >= 4 is 5.91 Å². The number of benzene rings is 2. The Labute approximate surface area is 133 Å². The molecule has 6 nitrogen and oxygen atoms in total. The second-order valence-corrected chi connectivity index (χ2v) is 5.37. The van der Waals surface area contributed by atoms with Crippen LogP contribution in [0.25, 0.3) is 11.4 Å². The molecule has 3 aromatic rings. The highest BCUT2D eigenvalue weighted by Gasteiger charge is 2.05. The van der Waals surface area contributed by atoms with Crippen molar-refractivity contribution < 1.29 is 4.79 Å². The number of carbonyl (C=O) groups excluding carboxylic acids is 1. The summed E-state index contributed by atoms with van der Waals surface area (Å²) in [5.74, 6) is 0.567. The van der Waals surface area contributed by atoms with Gasteiger partial charge in [-0.1, -0.05) is 54.1 Å². The third-order valence-corrected chi connectivity index (χ3v) is 3.49. The van der Waals surface area contributed by atoms with Crippen molar-refractivity contribution in [3.05, 3.63) is 65.2 Å². The molecule has 0 aliphatic heterocycles. The van der Waals surface area contributed by atoms with Crippen molar-refractivity contribution in [1.82, 2.24) is 25.9 Å². The van der Waals surface area contributed by atoms with Gasteiger partial charge in [0, 0.05) is 12.1 Å². The molecule has 23 heavy (non-hydrogen) atoms. The highest BCUT2D eigenvalue weighted by Crippen LogP contribution is 2.13. The summed E-state index contributed by atoms with van der Waals surface area (Å²) >= 11 is 0. The normalized spacial score (nSPS) is 10.5. The second-order valence-electron chi connectivity index (χ2n) is 5.37. The lowest BCUT2D eigenvalue weighted by molar-refractivity contribution is -0.120. The van der Waals surface area contributed by atoms with E-state index in [1.54, 1.807) is 0 Å². The zero-order valence-electron chi connectivity index (χ0n) is 12.8. The van der Waals surface area contributed by atoms with E-state index in [4.69, 9.17) is 0 Å². The highest BCUT2D eigenvalue weighted by atomic mass is 16.1. The monoisotopic (exact) mass is 307 g/mol. The van der Waals surface area contributed by atoms with Crippen LogP contribution in [0, 0.1) is 6.92 Å². The van der Waals surface area contributed by atoms with E-state index in [9.17, 15) is 4.79 Å². The summed E-state index contributed by atoms with van der Waals surface area (Å²) in [4.78, 5) is 12.0. The Morgan fingerprint density at radius 3 is 2.65 bits per heavy atom. The van der Waals surface area contributed by atoms with Gasteiger partial charge in [-0.05, 0) is 23.3 Å². The molecule has 0 atom stereocenters. The topological polar surface area (TPSA) is 83.6 Å². The minimum atomic E-state index is 0.0119. The summed E-state index contributed by atoms with van der Waals surface area (Å²) in [7, 11) is 0. The van der Waals surface area contributed by atoms with Gasteiger partial charge in [-0.2, -0.15) is 5.21 Å². The fourth-order valence-corrected chi connectivity index (χ4v) is 2.33. The molecular formula is C17H17N5O. The summed E-state index contributed by atoms with van der Waals surface area (Å²) < 4.78 is 0. The van der Waals surface area contributed by atoms with Crippen molar-refractivity contribution in [1.29, 1.82) is 0 Å². The third kappa shape index (κ3) is 4.00. The number of rotatable bonds is 5. The minimum absolute atomic E-state index is 0.0119. The number of aryl methyl sites for hydroxylation is 1. The van der Waals surface area contributed by atoms with Crippen LogP contribution in [0.3, 0.4) is 0 Å². The smallest absolute Gasteiger partial charge is 0.224 e. The average molecular weight is 307 g/mol. The number of amides is 1. The SMILES string of the molecule is Cc1cccc(CC(=O)NCc2ccc(-c3nn[nH]n3)cc2)c1. The van der Waals surface area contributed by atoms with Gasteiger partial charge in [0.25, 0.3) is 0 Å². The summed E-state index contributed by atoms with van der Waals surface area (Å²) in [6.07, 6.45) is 0.391. The molecule has 1 amide bonds. The third-order valence-electron chi connectivity index (χ3n) is 3.49. The molecule has 3 rings (SSSR count). The quantitative estimate of drug-likeness (QED) is 0.755. The summed E-state index contributed by atoms with van der Waals surface area (Å²) in [5.41, 5.74) is 4.09. The fraction of sp³-hybridized carbons (Fsp3) is 0.176. The Morgan fingerprint density at radius 1 is 1.13 bits per heavy atom. The first-order chi connectivity index (χ1) is 11.2. The summed E-state index contributed by atoms with van der Waals surface area (Å²) in [5, 5.41) is 16.7. The number of H-pyrrole nitrogens is 1. The van der Waals surface area contributed by atoms with Crippen LogP contribution >= 0.6 is 0 Å². The lowest BCUT2D eigenvalue weighted by Crippen LogP contribution is -2.24. The Balaban J connectivity index is 1.54. The van der Waals surface area contributed by atoms with Crippen molar-refractivity contribution in [3.8, 4) is 11.4 Å². The molecule has 2 aromatic carbocycles. The Hall–Kier alpha value is -3.02. The molecule has 6 heteroatoms. The highest BCUT2D eigenvalue weighted by molar-refractivity contribution is 5.78. The standard InChI is InChI=1S/C17H17N5O/c1-12-3-2-4-14(9-12)10-16(23)18-11-13-5-7-15(8-6-13)17-19-21-22-20-17/h2-9H,10-11H2,1H3,(H,18,23)(H,19,20,21,22). The van der Waals surface area contributed by atoms with E-state index in [2.05, 4.69) is 25.9 Å². The number of nitrogens with zero attached hydrogens (tertiary/aromatic N) is 3. The van der Waals surface area contributed by atoms with Crippen LogP contribution in [-0.4, -0.2) is 26.5 Å². The molecule has 0 bridgehead atoms. The van der Waals surface area contributed by atoms with Crippen LogP contribution < -0.4 is 5.32 Å². The first-order valence-electron chi connectivity index (χ1n) is 7.36. The van der Waals surface area contributed by atoms with Crippen molar-refractivity contribution in [2.24, 2.45) is 0 Å². The number of hydrogen-bond donors (Lipinski definition) is 2. The number of aromatic nitrogens is 4. The first kappa shape index (κ1) is 14.9. The summed E-state index contributed by atoms with van der Waals surface area (Å²) in [6, 6.07) is 15.7. The van der Waals surface area contributed by atoms with E-state index in [1.165, 1.54) is 0 Å². The molecule has 116 valence electrons. The van der Waals surface area contributed by atoms with Crippen molar-refractivity contribution in [2.75, 3.05) is 0 Å². The fourth-order valence-electron chi connectivity index (χ4n) is 2.33. The number of nitrogens with one attached hydrogen (secondary N) is 2. The van der Waals surface area contributed by atoms with Gasteiger partial charge in [-0.3, -0.25) is 4.79 Å². The largest absolute Gasteiger partial charge is 0.352 e. The molecule has 0 spiro atoms. The molecular weight excluding hydrogens is 290 g/mol. The first-order valence-corrected chi connectivity index (χ1v) is 7.36. The van der Waals surface area contributed by atoms with Crippen LogP contribution in [0.2, 0.25) is 0 Å². The predicted octanol–water partition coefficient (Wildman–Crippen LogP) is 2.03. The van der Waals surface area contributed by atoms with Crippen molar-refractivity contribution in [3.63, 3.8) is 0 Å². The molecule has 1 aromatic heterocycles. The number of hydrogen-bond acceptors (Lipinski definition) is 4. The lowest BCUT2D eigenvalue weighted by atomic mass is 10.1. The molecule has 1 heterocycles. The van der Waals surface area contributed by atoms with Gasteiger partial charge in [0.15, 0.2) is 0 Å². The Bertz CT molecular complexity index is 781. The summed E-state index contributed by atoms with van der Waals surface area (Å²) in [6.45, 7) is 2.52. The lowest BCUT2D eigenvalue weighted by Gasteiger charge is -2.06. The second kappa shape index (κ2) is 6.83. The Kier molecular flexibility index (Phi) is 4.42. The van der Waals surface area contributed by atoms with Gasteiger partial charge in [-0.15, -0.1) is 10.2 Å². The van der Waals surface area contributed by atoms with E-state index in [0.29, 0.717) is 18.8 Å². The molecule has 2 N–H and O–H groups in total. The molecule has 0 aliphatic carbocycles. The maximum absolute atomic E-state index is 12.0. The van der Waals surface area contributed by atoms with Crippen LogP contribution in [0.1, 0.15) is 16.7 Å². The maximum atomic E-state index is 12.0. The molecule has 0 saturated heterocycles. The predicted molar refractivity (Wildman–Crippen MR) is 86.3 cm³/mol. The van der Waals surface area contributed by atoms with Gasteiger partial charge < -0.3 is 5.32 Å². The van der Waals surface area contributed by atoms with Gasteiger partial charge in [0.2, 0.25) is 11.7 Å². The van der Waals surface area contributed by atoms with Crippen LogP contribution in [0.15, 0.2) is 48.5 Å². The van der Waals surface area contributed by atoms with Gasteiger partial charge in [-0.25, -0.2) is 0 Å². The van der Waals surface area contributed by atoms with Gasteiger partial charge in [0.05, 0.1) is 6.42 Å². The van der Waals surface area contributed by atoms with Crippen molar-refractivity contribution in [2.45, 2.75) is 19.9 Å². The van der Waals surface area contributed by atoms with Crippen LogP contribution in [0.4, 0.5) is 0 Å². The zero-order chi connectivity index (χ0) is 16.1. The average Bonchev–Trinajstić information content (AvgIpc) is 3.08. The molecule has 0 aliphatic rings. The number of carbonyl (C=O) groups is 1. The zero-order valence-corrected chi connectivity index (χ0v) is 12.8. The Morgan fingerprint density at radius 2 is 1.96 bits per heavy atom. The van der Waals surface area contributed by atoms with Gasteiger partial charge >= 0.3 is 0 Å². The molecule has 0 saturated carbocycles. The van der Waals surface area contributed by atoms with E-state index in [-0.39, 0.29) is 5.91 Å².